The summed E-state index contributed by atoms with van der Waals surface area (Å²) in [6.07, 6.45) is 3.15. The first-order valence-electron chi connectivity index (χ1n) is 8.07. The van der Waals surface area contributed by atoms with Gasteiger partial charge in [0, 0.05) is 17.6 Å². The maximum atomic E-state index is 10.8. The van der Waals surface area contributed by atoms with Crippen LogP contribution in [0.1, 0.15) is 19.3 Å². The van der Waals surface area contributed by atoms with Gasteiger partial charge < -0.3 is 9.84 Å². The van der Waals surface area contributed by atoms with Gasteiger partial charge in [0.15, 0.2) is 0 Å². The van der Waals surface area contributed by atoms with Gasteiger partial charge >= 0.3 is 5.97 Å². The summed E-state index contributed by atoms with van der Waals surface area (Å²) in [5, 5.41) is 9.61. The molecule has 1 saturated heterocycles. The lowest BCUT2D eigenvalue weighted by Gasteiger charge is -2.25. The molecule has 1 aromatic carbocycles. The van der Waals surface area contributed by atoms with Crippen LogP contribution in [0.15, 0.2) is 24.3 Å². The summed E-state index contributed by atoms with van der Waals surface area (Å²) in [7, 11) is 1.90. The van der Waals surface area contributed by atoms with Crippen molar-refractivity contribution in [2.75, 3.05) is 39.8 Å². The van der Waals surface area contributed by atoms with E-state index in [9.17, 15) is 4.79 Å². The SMILES string of the molecule is CN(CC(=O)O)C1CCCN(CCOc2ccc(Cl)cc2)CC1. The van der Waals surface area contributed by atoms with Crippen molar-refractivity contribution in [1.29, 1.82) is 0 Å². The molecule has 0 saturated carbocycles. The van der Waals surface area contributed by atoms with Crippen LogP contribution in [-0.4, -0.2) is 66.8 Å². The Morgan fingerprint density at radius 2 is 2.09 bits per heavy atom. The Balaban J connectivity index is 1.71. The molecular weight excluding hydrogens is 316 g/mol. The number of carboxylic acids is 1. The highest BCUT2D eigenvalue weighted by molar-refractivity contribution is 6.30. The number of rotatable bonds is 7. The van der Waals surface area contributed by atoms with Gasteiger partial charge in [-0.3, -0.25) is 14.6 Å². The van der Waals surface area contributed by atoms with E-state index in [1.165, 1.54) is 0 Å². The molecule has 1 aliphatic rings. The van der Waals surface area contributed by atoms with E-state index in [-0.39, 0.29) is 6.54 Å². The summed E-state index contributed by atoms with van der Waals surface area (Å²) >= 11 is 5.85. The van der Waals surface area contributed by atoms with Gasteiger partial charge in [0.05, 0.1) is 6.54 Å². The third kappa shape index (κ3) is 6.37. The van der Waals surface area contributed by atoms with E-state index < -0.39 is 5.97 Å². The van der Waals surface area contributed by atoms with Crippen molar-refractivity contribution in [2.45, 2.75) is 25.3 Å². The second-order valence-corrected chi connectivity index (χ2v) is 6.47. The summed E-state index contributed by atoms with van der Waals surface area (Å²) in [5.41, 5.74) is 0. The fourth-order valence-electron chi connectivity index (χ4n) is 2.97. The molecule has 0 aromatic heterocycles. The lowest BCUT2D eigenvalue weighted by Crippen LogP contribution is -2.37. The minimum Gasteiger partial charge on any atom is -0.492 e. The van der Waals surface area contributed by atoms with Gasteiger partial charge in [0.1, 0.15) is 12.4 Å². The zero-order valence-corrected chi connectivity index (χ0v) is 14.3. The topological polar surface area (TPSA) is 53.0 Å². The molecule has 1 aromatic rings. The van der Waals surface area contributed by atoms with Crippen LogP contribution >= 0.6 is 11.6 Å². The van der Waals surface area contributed by atoms with Crippen molar-refractivity contribution < 1.29 is 14.6 Å². The first kappa shape index (κ1) is 18.0. The number of likely N-dealkylation sites (N-methyl/N-ethyl adjacent to an activating group) is 1. The molecule has 1 fully saturated rings. The standard InChI is InChI=1S/C17H25ClN2O3/c1-19(13-17(21)22)15-3-2-9-20(10-8-15)11-12-23-16-6-4-14(18)5-7-16/h4-7,15H,2-3,8-13H2,1H3,(H,21,22). The van der Waals surface area contributed by atoms with E-state index >= 15 is 0 Å². The Labute approximate surface area is 142 Å². The predicted molar refractivity (Wildman–Crippen MR) is 91.3 cm³/mol. The van der Waals surface area contributed by atoms with E-state index in [2.05, 4.69) is 4.90 Å². The largest absolute Gasteiger partial charge is 0.492 e. The van der Waals surface area contributed by atoms with Crippen LogP contribution in [0, 0.1) is 0 Å². The Morgan fingerprint density at radius 3 is 2.78 bits per heavy atom. The fourth-order valence-corrected chi connectivity index (χ4v) is 3.09. The molecule has 0 radical (unpaired) electrons. The third-order valence-corrected chi connectivity index (χ3v) is 4.54. The van der Waals surface area contributed by atoms with Gasteiger partial charge in [-0.05, 0) is 63.7 Å². The second-order valence-electron chi connectivity index (χ2n) is 6.04. The maximum absolute atomic E-state index is 10.8. The van der Waals surface area contributed by atoms with Gasteiger partial charge in [-0.2, -0.15) is 0 Å². The van der Waals surface area contributed by atoms with Crippen LogP contribution in [0.3, 0.4) is 0 Å². The second kappa shape index (κ2) is 9.11. The number of likely N-dealkylation sites (tertiary alicyclic amines) is 1. The lowest BCUT2D eigenvalue weighted by atomic mass is 10.1. The molecular formula is C17H25ClN2O3. The highest BCUT2D eigenvalue weighted by atomic mass is 35.5. The first-order chi connectivity index (χ1) is 11.0. The minimum absolute atomic E-state index is 0.115. The molecule has 0 spiro atoms. The molecule has 2 rings (SSSR count). The lowest BCUT2D eigenvalue weighted by molar-refractivity contribution is -0.138. The molecule has 0 bridgehead atoms. The summed E-state index contributed by atoms with van der Waals surface area (Å²) in [6.45, 7) is 3.68. The number of hydrogen-bond acceptors (Lipinski definition) is 4. The average Bonchev–Trinajstić information content (AvgIpc) is 2.74. The number of ether oxygens (including phenoxy) is 1. The van der Waals surface area contributed by atoms with E-state index in [0.29, 0.717) is 17.7 Å². The Morgan fingerprint density at radius 1 is 1.35 bits per heavy atom. The highest BCUT2D eigenvalue weighted by Crippen LogP contribution is 2.17. The summed E-state index contributed by atoms with van der Waals surface area (Å²) < 4.78 is 5.74. The smallest absolute Gasteiger partial charge is 0.317 e. The molecule has 5 nitrogen and oxygen atoms in total. The van der Waals surface area contributed by atoms with Crippen LogP contribution in [0.2, 0.25) is 5.02 Å². The maximum Gasteiger partial charge on any atom is 0.317 e. The minimum atomic E-state index is -0.759. The molecule has 1 heterocycles. The van der Waals surface area contributed by atoms with Crippen molar-refractivity contribution in [3.8, 4) is 5.75 Å². The van der Waals surface area contributed by atoms with Crippen LogP contribution in [-0.2, 0) is 4.79 Å². The normalized spacial score (nSPS) is 19.5. The zero-order valence-electron chi connectivity index (χ0n) is 13.6. The monoisotopic (exact) mass is 340 g/mol. The molecule has 1 unspecified atom stereocenters. The fraction of sp³-hybridized carbons (Fsp3) is 0.588. The van der Waals surface area contributed by atoms with Gasteiger partial charge in [0.25, 0.3) is 0 Å². The van der Waals surface area contributed by atoms with E-state index in [4.69, 9.17) is 21.4 Å². The molecule has 23 heavy (non-hydrogen) atoms. The average molecular weight is 341 g/mol. The highest BCUT2D eigenvalue weighted by Gasteiger charge is 2.21. The summed E-state index contributed by atoms with van der Waals surface area (Å²) in [4.78, 5) is 15.2. The number of carbonyl (C=O) groups is 1. The Kier molecular flexibility index (Phi) is 7.15. The number of hydrogen-bond donors (Lipinski definition) is 1. The third-order valence-electron chi connectivity index (χ3n) is 4.29. The molecule has 0 aliphatic carbocycles. The zero-order chi connectivity index (χ0) is 16.7. The van der Waals surface area contributed by atoms with Crippen LogP contribution in [0.4, 0.5) is 0 Å². The molecule has 1 N–H and O–H groups in total. The Bertz CT molecular complexity index is 495. The predicted octanol–water partition coefficient (Wildman–Crippen LogP) is 2.59. The van der Waals surface area contributed by atoms with Gasteiger partial charge in [-0.1, -0.05) is 11.6 Å². The van der Waals surface area contributed by atoms with E-state index in [1.807, 2.05) is 36.2 Å². The Hall–Kier alpha value is -1.30. The van der Waals surface area contributed by atoms with Gasteiger partial charge in [-0.15, -0.1) is 0 Å². The molecule has 1 atom stereocenters. The van der Waals surface area contributed by atoms with E-state index in [1.54, 1.807) is 0 Å². The van der Waals surface area contributed by atoms with Gasteiger partial charge in [0.2, 0.25) is 0 Å². The number of benzene rings is 1. The first-order valence-corrected chi connectivity index (χ1v) is 8.45. The molecule has 128 valence electrons. The van der Waals surface area contributed by atoms with Crippen molar-refractivity contribution in [2.24, 2.45) is 0 Å². The number of nitrogens with zero attached hydrogens (tertiary/aromatic N) is 2. The van der Waals surface area contributed by atoms with Crippen molar-refractivity contribution in [3.05, 3.63) is 29.3 Å². The quantitative estimate of drug-likeness (QED) is 0.826. The van der Waals surface area contributed by atoms with E-state index in [0.717, 1.165) is 44.6 Å². The molecule has 6 heteroatoms. The van der Waals surface area contributed by atoms with Crippen LogP contribution in [0.5, 0.6) is 5.75 Å². The number of aliphatic carboxylic acids is 1. The number of carboxylic acid groups (broad SMARTS) is 1. The number of halogens is 1. The van der Waals surface area contributed by atoms with Crippen LogP contribution in [0.25, 0.3) is 0 Å². The van der Waals surface area contributed by atoms with Crippen molar-refractivity contribution >= 4 is 17.6 Å². The van der Waals surface area contributed by atoms with Gasteiger partial charge in [-0.25, -0.2) is 0 Å². The van der Waals surface area contributed by atoms with Crippen LogP contribution < -0.4 is 4.74 Å². The summed E-state index contributed by atoms with van der Waals surface area (Å²) in [6, 6.07) is 7.76. The van der Waals surface area contributed by atoms with Crippen molar-refractivity contribution in [1.82, 2.24) is 9.80 Å². The molecule has 0 amide bonds. The molecule has 1 aliphatic heterocycles. The van der Waals surface area contributed by atoms with Crippen molar-refractivity contribution in [3.63, 3.8) is 0 Å². The summed E-state index contributed by atoms with van der Waals surface area (Å²) in [5.74, 6) is 0.0771.